The van der Waals surface area contributed by atoms with Crippen molar-refractivity contribution in [3.05, 3.63) is 71.3 Å². The van der Waals surface area contributed by atoms with E-state index < -0.39 is 42.2 Å². The van der Waals surface area contributed by atoms with Crippen molar-refractivity contribution in [1.82, 2.24) is 5.32 Å². The average Bonchev–Trinajstić information content (AvgIpc) is 2.62. The Morgan fingerprint density at radius 2 is 1.67 bits per heavy atom. The zero-order valence-electron chi connectivity index (χ0n) is 14.4. The monoisotopic (exact) mass is 381 g/mol. The Hall–Kier alpha value is -2.87. The first kappa shape index (κ1) is 20.4. The van der Waals surface area contributed by atoms with Crippen LogP contribution in [0.15, 0.2) is 54.6 Å². The van der Waals surface area contributed by atoms with Crippen LogP contribution in [-0.4, -0.2) is 30.1 Å². The number of hydrogen-bond acceptors (Lipinski definition) is 3. The summed E-state index contributed by atoms with van der Waals surface area (Å²) in [7, 11) is 1.28. The molecule has 0 unspecified atom stereocenters. The van der Waals surface area contributed by atoms with E-state index >= 15 is 0 Å². The third kappa shape index (κ3) is 5.30. The highest BCUT2D eigenvalue weighted by atomic mass is 19.4. The van der Waals surface area contributed by atoms with Gasteiger partial charge in [-0.05, 0) is 17.2 Å². The van der Waals surface area contributed by atoms with Gasteiger partial charge in [-0.25, -0.2) is 4.79 Å². The molecule has 0 aromatic heterocycles. The van der Waals surface area contributed by atoms with Gasteiger partial charge in [0.05, 0.1) is 5.56 Å². The number of amides is 1. The van der Waals surface area contributed by atoms with Gasteiger partial charge in [0.15, 0.2) is 6.10 Å². The third-order valence-electron chi connectivity index (χ3n) is 3.94. The number of methoxy groups -OCH3 is 1. The lowest BCUT2D eigenvalue weighted by atomic mass is 9.99. The molecule has 2 rings (SSSR count). The van der Waals surface area contributed by atoms with Crippen LogP contribution in [0.3, 0.4) is 0 Å². The second kappa shape index (κ2) is 8.68. The standard InChI is InChI=1S/C19H18F3NO4/c1-27-16(12-7-3-2-4-8-12)17(24)23-15(18(25)26)11-13-9-5-6-10-14(13)19(20,21)22/h2-10,15-16H,11H2,1H3,(H,23,24)(H,25,26)/t15-,16-/m1/s1. The Labute approximate surface area is 153 Å². The van der Waals surface area contributed by atoms with Crippen LogP contribution in [0.25, 0.3) is 0 Å². The number of ether oxygens (including phenoxy) is 1. The summed E-state index contributed by atoms with van der Waals surface area (Å²) in [6.07, 6.45) is -6.21. The van der Waals surface area contributed by atoms with Crippen molar-refractivity contribution in [3.63, 3.8) is 0 Å². The molecule has 5 nitrogen and oxygen atoms in total. The molecule has 1 amide bonds. The van der Waals surface area contributed by atoms with Gasteiger partial charge >= 0.3 is 12.1 Å². The number of alkyl halides is 3. The normalized spacial score (nSPS) is 13.6. The quantitative estimate of drug-likeness (QED) is 0.772. The van der Waals surface area contributed by atoms with E-state index in [0.29, 0.717) is 5.56 Å². The van der Waals surface area contributed by atoms with Crippen LogP contribution in [-0.2, 0) is 26.9 Å². The fourth-order valence-electron chi connectivity index (χ4n) is 2.66. The van der Waals surface area contributed by atoms with E-state index in [1.54, 1.807) is 30.3 Å². The molecule has 0 spiro atoms. The van der Waals surface area contributed by atoms with Crippen LogP contribution in [0.2, 0.25) is 0 Å². The van der Waals surface area contributed by atoms with E-state index in [1.807, 2.05) is 0 Å². The first-order valence-corrected chi connectivity index (χ1v) is 8.00. The predicted octanol–water partition coefficient (Wildman–Crippen LogP) is 3.21. The molecule has 0 saturated carbocycles. The molecular weight excluding hydrogens is 363 g/mol. The maximum Gasteiger partial charge on any atom is 0.416 e. The van der Waals surface area contributed by atoms with E-state index in [-0.39, 0.29) is 5.56 Å². The van der Waals surface area contributed by atoms with Crippen LogP contribution >= 0.6 is 0 Å². The predicted molar refractivity (Wildman–Crippen MR) is 90.9 cm³/mol. The van der Waals surface area contributed by atoms with Crippen molar-refractivity contribution in [2.75, 3.05) is 7.11 Å². The van der Waals surface area contributed by atoms with Gasteiger partial charge in [-0.1, -0.05) is 48.5 Å². The molecule has 0 bridgehead atoms. The Morgan fingerprint density at radius 1 is 1.07 bits per heavy atom. The van der Waals surface area contributed by atoms with Gasteiger partial charge in [0.2, 0.25) is 0 Å². The number of nitrogens with one attached hydrogen (secondary N) is 1. The number of aliphatic carboxylic acids is 1. The highest BCUT2D eigenvalue weighted by Crippen LogP contribution is 2.32. The summed E-state index contributed by atoms with van der Waals surface area (Å²) in [6.45, 7) is 0. The topological polar surface area (TPSA) is 75.6 Å². The van der Waals surface area contributed by atoms with Crippen LogP contribution in [0.5, 0.6) is 0 Å². The Morgan fingerprint density at radius 3 is 2.22 bits per heavy atom. The van der Waals surface area contributed by atoms with Crippen LogP contribution in [0.1, 0.15) is 22.8 Å². The molecule has 27 heavy (non-hydrogen) atoms. The van der Waals surface area contributed by atoms with Gasteiger partial charge < -0.3 is 15.2 Å². The number of carbonyl (C=O) groups excluding carboxylic acids is 1. The fraction of sp³-hybridized carbons (Fsp3) is 0.263. The summed E-state index contributed by atoms with van der Waals surface area (Å²) >= 11 is 0. The van der Waals surface area contributed by atoms with E-state index in [1.165, 1.54) is 25.3 Å². The maximum atomic E-state index is 13.1. The second-order valence-corrected chi connectivity index (χ2v) is 5.78. The SMILES string of the molecule is CO[C@@H](C(=O)N[C@H](Cc1ccccc1C(F)(F)F)C(=O)O)c1ccccc1. The van der Waals surface area contributed by atoms with E-state index in [2.05, 4.69) is 5.32 Å². The van der Waals surface area contributed by atoms with E-state index in [9.17, 15) is 27.9 Å². The lowest BCUT2D eigenvalue weighted by molar-refractivity contribution is -0.144. The molecule has 0 radical (unpaired) electrons. The minimum Gasteiger partial charge on any atom is -0.480 e. The Bertz CT molecular complexity index is 793. The molecule has 0 fully saturated rings. The summed E-state index contributed by atoms with van der Waals surface area (Å²) < 4.78 is 44.5. The number of carbonyl (C=O) groups is 2. The molecule has 0 aliphatic heterocycles. The molecule has 144 valence electrons. The number of benzene rings is 2. The van der Waals surface area contributed by atoms with Crippen LogP contribution in [0.4, 0.5) is 13.2 Å². The molecule has 0 aliphatic carbocycles. The first-order chi connectivity index (χ1) is 12.7. The lowest BCUT2D eigenvalue weighted by Crippen LogP contribution is -2.45. The van der Waals surface area contributed by atoms with Crippen molar-refractivity contribution < 1.29 is 32.6 Å². The smallest absolute Gasteiger partial charge is 0.416 e. The maximum absolute atomic E-state index is 13.1. The van der Waals surface area contributed by atoms with Gasteiger partial charge in [0, 0.05) is 13.5 Å². The number of hydrogen-bond donors (Lipinski definition) is 2. The van der Waals surface area contributed by atoms with Crippen LogP contribution < -0.4 is 5.32 Å². The average molecular weight is 381 g/mol. The molecular formula is C19H18F3NO4. The van der Waals surface area contributed by atoms with Gasteiger partial charge in [0.1, 0.15) is 6.04 Å². The molecule has 2 aromatic carbocycles. The molecule has 0 saturated heterocycles. The molecule has 2 N–H and O–H groups in total. The number of halogens is 3. The largest absolute Gasteiger partial charge is 0.480 e. The fourth-order valence-corrected chi connectivity index (χ4v) is 2.66. The number of rotatable bonds is 7. The summed E-state index contributed by atoms with van der Waals surface area (Å²) in [5.41, 5.74) is -0.652. The number of carboxylic acid groups (broad SMARTS) is 1. The zero-order valence-corrected chi connectivity index (χ0v) is 14.4. The lowest BCUT2D eigenvalue weighted by Gasteiger charge is -2.21. The molecule has 2 atom stereocenters. The van der Waals surface area contributed by atoms with Gasteiger partial charge in [-0.2, -0.15) is 13.2 Å². The van der Waals surface area contributed by atoms with Gasteiger partial charge in [-0.3, -0.25) is 4.79 Å². The third-order valence-corrected chi connectivity index (χ3v) is 3.94. The summed E-state index contributed by atoms with van der Waals surface area (Å²) in [5, 5.41) is 11.6. The summed E-state index contributed by atoms with van der Waals surface area (Å²) in [6, 6.07) is 11.5. The minimum absolute atomic E-state index is 0.216. The van der Waals surface area contributed by atoms with Crippen molar-refractivity contribution in [3.8, 4) is 0 Å². The number of carboxylic acids is 1. The Kier molecular flexibility index (Phi) is 6.57. The molecule has 8 heteroatoms. The molecule has 0 aliphatic rings. The van der Waals surface area contributed by atoms with Crippen molar-refractivity contribution >= 4 is 11.9 Å². The van der Waals surface area contributed by atoms with E-state index in [0.717, 1.165) is 6.07 Å². The highest BCUT2D eigenvalue weighted by molar-refractivity contribution is 5.87. The first-order valence-electron chi connectivity index (χ1n) is 8.00. The van der Waals surface area contributed by atoms with Crippen LogP contribution in [0, 0.1) is 0 Å². The van der Waals surface area contributed by atoms with E-state index in [4.69, 9.17) is 4.74 Å². The van der Waals surface area contributed by atoms with Gasteiger partial charge in [0.25, 0.3) is 5.91 Å². The summed E-state index contributed by atoms with van der Waals surface area (Å²) in [4.78, 5) is 24.0. The van der Waals surface area contributed by atoms with Crippen molar-refractivity contribution in [1.29, 1.82) is 0 Å². The molecule has 0 heterocycles. The minimum atomic E-state index is -4.62. The zero-order chi connectivity index (χ0) is 20.0. The van der Waals surface area contributed by atoms with Gasteiger partial charge in [-0.15, -0.1) is 0 Å². The molecule has 2 aromatic rings. The highest BCUT2D eigenvalue weighted by Gasteiger charge is 2.35. The summed E-state index contributed by atoms with van der Waals surface area (Å²) in [5.74, 6) is -2.19. The Balaban J connectivity index is 2.22. The second-order valence-electron chi connectivity index (χ2n) is 5.78. The van der Waals surface area contributed by atoms with Crippen molar-refractivity contribution in [2.45, 2.75) is 24.7 Å². The van der Waals surface area contributed by atoms with Crippen molar-refractivity contribution in [2.24, 2.45) is 0 Å².